The maximum absolute atomic E-state index is 4.67. The van der Waals surface area contributed by atoms with Crippen molar-refractivity contribution in [3.05, 3.63) is 107 Å². The van der Waals surface area contributed by atoms with Gasteiger partial charge in [-0.15, -0.1) is 0 Å². The molecular formula is C26H24N2. The Labute approximate surface area is 166 Å². The van der Waals surface area contributed by atoms with Gasteiger partial charge in [-0.3, -0.25) is 4.99 Å². The number of nitrogens with one attached hydrogen (secondary N) is 1. The first-order chi connectivity index (χ1) is 13.8. The van der Waals surface area contributed by atoms with Gasteiger partial charge in [0.1, 0.15) is 0 Å². The molecule has 0 saturated carbocycles. The van der Waals surface area contributed by atoms with E-state index in [2.05, 4.69) is 102 Å². The molecule has 0 radical (unpaired) electrons. The molecule has 138 valence electrons. The van der Waals surface area contributed by atoms with Gasteiger partial charge in [-0.25, -0.2) is 0 Å². The molecule has 28 heavy (non-hydrogen) atoms. The molecule has 0 fully saturated rings. The Bertz CT molecular complexity index is 1050. The van der Waals surface area contributed by atoms with Crippen molar-refractivity contribution in [2.45, 2.75) is 25.3 Å². The highest BCUT2D eigenvalue weighted by Crippen LogP contribution is 2.49. The maximum Gasteiger partial charge on any atom is 0.0630 e. The summed E-state index contributed by atoms with van der Waals surface area (Å²) in [6, 6.07) is 26.1. The Balaban J connectivity index is 1.40. The fraction of sp³-hybridized carbons (Fsp3) is 0.192. The zero-order valence-electron chi connectivity index (χ0n) is 16.0. The third kappa shape index (κ3) is 3.05. The van der Waals surface area contributed by atoms with Crippen LogP contribution >= 0.6 is 0 Å². The normalized spacial score (nSPS) is 22.7. The van der Waals surface area contributed by atoms with Crippen LogP contribution in [0.2, 0.25) is 0 Å². The van der Waals surface area contributed by atoms with E-state index in [0.29, 0.717) is 17.9 Å². The van der Waals surface area contributed by atoms with Gasteiger partial charge in [0, 0.05) is 17.8 Å². The Morgan fingerprint density at radius 3 is 2.57 bits per heavy atom. The summed E-state index contributed by atoms with van der Waals surface area (Å²) in [6.07, 6.45) is 7.81. The van der Waals surface area contributed by atoms with Gasteiger partial charge in [0.05, 0.1) is 11.7 Å². The van der Waals surface area contributed by atoms with Gasteiger partial charge in [0.2, 0.25) is 0 Å². The third-order valence-electron chi connectivity index (χ3n) is 6.07. The van der Waals surface area contributed by atoms with Gasteiger partial charge in [0.25, 0.3) is 0 Å². The van der Waals surface area contributed by atoms with Crippen LogP contribution in [0.25, 0.3) is 0 Å². The zero-order valence-corrected chi connectivity index (χ0v) is 16.0. The molecule has 5 rings (SSSR count). The second-order valence-corrected chi connectivity index (χ2v) is 7.77. The van der Waals surface area contributed by atoms with E-state index in [1.165, 1.54) is 22.4 Å². The molecule has 1 aliphatic heterocycles. The minimum atomic E-state index is 0.337. The highest BCUT2D eigenvalue weighted by molar-refractivity contribution is 5.83. The molecule has 3 atom stereocenters. The maximum atomic E-state index is 4.67. The van der Waals surface area contributed by atoms with Crippen LogP contribution in [0.5, 0.6) is 0 Å². The molecule has 2 nitrogen and oxygen atoms in total. The van der Waals surface area contributed by atoms with Gasteiger partial charge in [-0.2, -0.15) is 0 Å². The fourth-order valence-electron chi connectivity index (χ4n) is 4.52. The van der Waals surface area contributed by atoms with E-state index in [4.69, 9.17) is 0 Å². The molecule has 3 aromatic carbocycles. The van der Waals surface area contributed by atoms with E-state index in [1.807, 2.05) is 6.21 Å². The Kier molecular flexibility index (Phi) is 4.32. The first kappa shape index (κ1) is 17.0. The SMILES string of the molecule is Cc1ccccc1C=Nc1ccc([C@@H]2Nc3ccccc3[C@H]3C=CC[C@H]32)cc1. The van der Waals surface area contributed by atoms with Crippen LogP contribution in [0.15, 0.2) is 89.9 Å². The highest BCUT2D eigenvalue weighted by atomic mass is 15.0. The van der Waals surface area contributed by atoms with Gasteiger partial charge in [-0.1, -0.05) is 66.7 Å². The summed E-state index contributed by atoms with van der Waals surface area (Å²) in [7, 11) is 0. The number of hydrogen-bond donors (Lipinski definition) is 1. The summed E-state index contributed by atoms with van der Waals surface area (Å²) in [4.78, 5) is 4.67. The minimum absolute atomic E-state index is 0.337. The van der Waals surface area contributed by atoms with Gasteiger partial charge >= 0.3 is 0 Å². The van der Waals surface area contributed by atoms with Crippen LogP contribution in [0.3, 0.4) is 0 Å². The first-order valence-corrected chi connectivity index (χ1v) is 10.0. The average molecular weight is 364 g/mol. The van der Waals surface area contributed by atoms with Gasteiger partial charge < -0.3 is 5.32 Å². The number of hydrogen-bond acceptors (Lipinski definition) is 2. The lowest BCUT2D eigenvalue weighted by Gasteiger charge is -2.37. The van der Waals surface area contributed by atoms with Crippen LogP contribution in [0.1, 0.15) is 40.6 Å². The van der Waals surface area contributed by atoms with Crippen LogP contribution in [-0.4, -0.2) is 6.21 Å². The Morgan fingerprint density at radius 2 is 1.71 bits per heavy atom. The molecule has 0 aromatic heterocycles. The van der Waals surface area contributed by atoms with Crippen molar-refractivity contribution in [1.29, 1.82) is 0 Å². The lowest BCUT2D eigenvalue weighted by atomic mass is 9.77. The quantitative estimate of drug-likeness (QED) is 0.412. The van der Waals surface area contributed by atoms with E-state index < -0.39 is 0 Å². The zero-order chi connectivity index (χ0) is 18.9. The highest BCUT2D eigenvalue weighted by Gasteiger charge is 2.37. The Hall–Kier alpha value is -3.13. The topological polar surface area (TPSA) is 24.4 Å². The molecule has 1 heterocycles. The van der Waals surface area contributed by atoms with Crippen LogP contribution < -0.4 is 5.32 Å². The van der Waals surface area contributed by atoms with E-state index in [1.54, 1.807) is 0 Å². The number of nitrogens with zero attached hydrogens (tertiary/aromatic N) is 1. The lowest BCUT2D eigenvalue weighted by molar-refractivity contribution is 0.425. The van der Waals surface area contributed by atoms with Crippen molar-refractivity contribution in [2.75, 3.05) is 5.32 Å². The van der Waals surface area contributed by atoms with Gasteiger partial charge in [0.15, 0.2) is 0 Å². The number of allylic oxidation sites excluding steroid dienone is 2. The van der Waals surface area contributed by atoms with Crippen molar-refractivity contribution in [1.82, 2.24) is 0 Å². The monoisotopic (exact) mass is 364 g/mol. The number of rotatable bonds is 3. The molecule has 3 aromatic rings. The molecule has 1 aliphatic carbocycles. The minimum Gasteiger partial charge on any atom is -0.378 e. The molecule has 2 aliphatic rings. The second-order valence-electron chi connectivity index (χ2n) is 7.77. The van der Waals surface area contributed by atoms with Crippen molar-refractivity contribution < 1.29 is 0 Å². The number of fused-ring (bicyclic) bond motifs is 3. The van der Waals surface area contributed by atoms with E-state index >= 15 is 0 Å². The van der Waals surface area contributed by atoms with Crippen molar-refractivity contribution in [3.8, 4) is 0 Å². The lowest BCUT2D eigenvalue weighted by Crippen LogP contribution is -2.28. The van der Waals surface area contributed by atoms with Gasteiger partial charge in [-0.05, 0) is 59.7 Å². The molecular weight excluding hydrogens is 340 g/mol. The molecule has 0 amide bonds. The van der Waals surface area contributed by atoms with Crippen molar-refractivity contribution in [3.63, 3.8) is 0 Å². The van der Waals surface area contributed by atoms with E-state index in [0.717, 1.165) is 17.7 Å². The van der Waals surface area contributed by atoms with Crippen LogP contribution in [0, 0.1) is 12.8 Å². The molecule has 0 spiro atoms. The molecule has 1 N–H and O–H groups in total. The van der Waals surface area contributed by atoms with Crippen molar-refractivity contribution >= 4 is 17.6 Å². The van der Waals surface area contributed by atoms with E-state index in [9.17, 15) is 0 Å². The summed E-state index contributed by atoms with van der Waals surface area (Å²) < 4.78 is 0. The number of aryl methyl sites for hydroxylation is 1. The smallest absolute Gasteiger partial charge is 0.0630 e. The summed E-state index contributed by atoms with van der Waals surface area (Å²) in [6.45, 7) is 2.11. The van der Waals surface area contributed by atoms with Crippen molar-refractivity contribution in [2.24, 2.45) is 10.9 Å². The average Bonchev–Trinajstić information content (AvgIpc) is 3.23. The number of anilines is 1. The second kappa shape index (κ2) is 7.12. The standard InChI is InChI=1S/C26H24N2/c1-18-7-2-3-8-20(18)17-27-21-15-13-19(14-16-21)26-24-11-6-10-22(24)23-9-4-5-12-25(23)28-26/h2-10,12-17,22,24,26,28H,11H2,1H3/t22-,24-,26+/m1/s1. The first-order valence-electron chi connectivity index (χ1n) is 10.0. The Morgan fingerprint density at radius 1 is 0.929 bits per heavy atom. The molecule has 0 unspecified atom stereocenters. The fourth-order valence-corrected chi connectivity index (χ4v) is 4.52. The molecule has 0 bridgehead atoms. The molecule has 0 saturated heterocycles. The summed E-state index contributed by atoms with van der Waals surface area (Å²) in [5.41, 5.74) is 7.43. The number of para-hydroxylation sites is 1. The largest absolute Gasteiger partial charge is 0.378 e. The number of aliphatic imine (C=N–C) groups is 1. The predicted octanol–water partition coefficient (Wildman–Crippen LogP) is 6.57. The summed E-state index contributed by atoms with van der Waals surface area (Å²) in [5, 5.41) is 3.79. The summed E-state index contributed by atoms with van der Waals surface area (Å²) >= 11 is 0. The van der Waals surface area contributed by atoms with Crippen LogP contribution in [-0.2, 0) is 0 Å². The third-order valence-corrected chi connectivity index (χ3v) is 6.07. The molecule has 2 heteroatoms. The summed E-state index contributed by atoms with van der Waals surface area (Å²) in [5.74, 6) is 1.09. The van der Waals surface area contributed by atoms with Crippen LogP contribution in [0.4, 0.5) is 11.4 Å². The predicted molar refractivity (Wildman–Crippen MR) is 118 cm³/mol. The van der Waals surface area contributed by atoms with E-state index in [-0.39, 0.29) is 0 Å². The number of benzene rings is 3.